The summed E-state index contributed by atoms with van der Waals surface area (Å²) in [5.41, 5.74) is 8.43. The molecule has 0 bridgehead atoms. The topological polar surface area (TPSA) is 9.23 Å². The summed E-state index contributed by atoms with van der Waals surface area (Å²) in [4.78, 5) is 0. The number of hydrogen-bond acceptors (Lipinski definition) is 1. The normalized spacial score (nSPS) is 18.4. The van der Waals surface area contributed by atoms with Crippen LogP contribution in [0.15, 0.2) is 12.3 Å². The first-order valence-electron chi connectivity index (χ1n) is 7.34. The highest BCUT2D eigenvalue weighted by molar-refractivity contribution is 5.75. The van der Waals surface area contributed by atoms with Crippen LogP contribution in [0, 0.1) is 19.8 Å². The van der Waals surface area contributed by atoms with Gasteiger partial charge in [-0.2, -0.15) is 0 Å². The number of aryl methyl sites for hydroxylation is 1. The number of ether oxygens (including phenoxy) is 1. The highest BCUT2D eigenvalue weighted by Crippen LogP contribution is 2.42. The average molecular weight is 258 g/mol. The number of hydrogen-bond donors (Lipinski definition) is 0. The molecule has 0 amide bonds. The number of fused-ring (bicyclic) bond motifs is 1. The zero-order valence-corrected chi connectivity index (χ0v) is 13.3. The molecule has 1 aromatic carbocycles. The smallest absolute Gasteiger partial charge is 0.121 e. The Morgan fingerprint density at radius 2 is 1.68 bits per heavy atom. The molecular weight excluding hydrogens is 232 g/mol. The zero-order chi connectivity index (χ0) is 14.3. The summed E-state index contributed by atoms with van der Waals surface area (Å²) in [6, 6.07) is 2.37. The third-order valence-corrected chi connectivity index (χ3v) is 4.26. The Morgan fingerprint density at radius 1 is 1.05 bits per heavy atom. The van der Waals surface area contributed by atoms with Gasteiger partial charge in [0.15, 0.2) is 0 Å². The standard InChI is InChI=1S/C18H26O/c1-10(2)15-8-12(5)13(6)17-14(7)19-9-16(11(3)4)18(15)17/h8-11,14H,1-7H3/t14-/m0/s1. The van der Waals surface area contributed by atoms with Crippen LogP contribution in [0.25, 0.3) is 5.57 Å². The number of benzene rings is 1. The van der Waals surface area contributed by atoms with Gasteiger partial charge in [0, 0.05) is 5.56 Å². The van der Waals surface area contributed by atoms with E-state index in [0.29, 0.717) is 11.8 Å². The van der Waals surface area contributed by atoms with Crippen molar-refractivity contribution >= 4 is 5.57 Å². The van der Waals surface area contributed by atoms with E-state index in [4.69, 9.17) is 4.74 Å². The van der Waals surface area contributed by atoms with Gasteiger partial charge >= 0.3 is 0 Å². The quantitative estimate of drug-likeness (QED) is 0.679. The molecule has 1 aliphatic heterocycles. The van der Waals surface area contributed by atoms with Crippen LogP contribution in [0.3, 0.4) is 0 Å². The van der Waals surface area contributed by atoms with E-state index >= 15 is 0 Å². The predicted octanol–water partition coefficient (Wildman–Crippen LogP) is 5.51. The van der Waals surface area contributed by atoms with Crippen LogP contribution < -0.4 is 0 Å². The van der Waals surface area contributed by atoms with Crippen molar-refractivity contribution in [2.45, 2.75) is 60.5 Å². The fraction of sp³-hybridized carbons (Fsp3) is 0.556. The second-order valence-electron chi connectivity index (χ2n) is 6.36. The lowest BCUT2D eigenvalue weighted by molar-refractivity contribution is 0.158. The molecule has 0 aliphatic carbocycles. The Morgan fingerprint density at radius 3 is 2.21 bits per heavy atom. The Labute approximate surface area is 117 Å². The van der Waals surface area contributed by atoms with Gasteiger partial charge < -0.3 is 4.74 Å². The van der Waals surface area contributed by atoms with Crippen LogP contribution >= 0.6 is 0 Å². The lowest BCUT2D eigenvalue weighted by Gasteiger charge is -2.31. The molecule has 1 heterocycles. The molecule has 104 valence electrons. The van der Waals surface area contributed by atoms with Crippen LogP contribution in [0.1, 0.15) is 74.5 Å². The Balaban J connectivity index is 2.79. The molecule has 19 heavy (non-hydrogen) atoms. The van der Waals surface area contributed by atoms with Gasteiger partial charge in [-0.25, -0.2) is 0 Å². The Bertz CT molecular complexity index is 521. The molecule has 2 rings (SSSR count). The van der Waals surface area contributed by atoms with Crippen molar-refractivity contribution in [2.24, 2.45) is 5.92 Å². The second-order valence-corrected chi connectivity index (χ2v) is 6.36. The predicted molar refractivity (Wildman–Crippen MR) is 82.3 cm³/mol. The number of rotatable bonds is 2. The van der Waals surface area contributed by atoms with Gasteiger partial charge in [0.2, 0.25) is 0 Å². The molecule has 1 nitrogen and oxygen atoms in total. The molecular formula is C18H26O. The molecule has 0 fully saturated rings. The van der Waals surface area contributed by atoms with E-state index in [2.05, 4.69) is 54.5 Å². The summed E-state index contributed by atoms with van der Waals surface area (Å²) in [5, 5.41) is 0. The van der Waals surface area contributed by atoms with Gasteiger partial charge in [-0.05, 0) is 60.4 Å². The van der Waals surface area contributed by atoms with Gasteiger partial charge in [0.1, 0.15) is 6.10 Å². The molecule has 0 radical (unpaired) electrons. The molecule has 0 N–H and O–H groups in total. The average Bonchev–Trinajstić information content (AvgIpc) is 2.32. The van der Waals surface area contributed by atoms with Gasteiger partial charge in [0.05, 0.1) is 6.26 Å². The van der Waals surface area contributed by atoms with Crippen molar-refractivity contribution in [3.05, 3.63) is 40.1 Å². The summed E-state index contributed by atoms with van der Waals surface area (Å²) in [6.07, 6.45) is 2.15. The first kappa shape index (κ1) is 14.2. The first-order chi connectivity index (χ1) is 8.84. The van der Waals surface area contributed by atoms with Crippen molar-refractivity contribution in [1.29, 1.82) is 0 Å². The third kappa shape index (κ3) is 2.31. The van der Waals surface area contributed by atoms with Gasteiger partial charge in [0.25, 0.3) is 0 Å². The first-order valence-corrected chi connectivity index (χ1v) is 7.34. The van der Waals surface area contributed by atoms with E-state index in [9.17, 15) is 0 Å². The maximum Gasteiger partial charge on any atom is 0.121 e. The largest absolute Gasteiger partial charge is 0.493 e. The minimum atomic E-state index is 0.162. The molecule has 0 spiro atoms. The van der Waals surface area contributed by atoms with Crippen molar-refractivity contribution in [2.75, 3.05) is 0 Å². The summed E-state index contributed by atoms with van der Waals surface area (Å²) in [7, 11) is 0. The SMILES string of the molecule is Cc1cc(C(C)C)c2c(c1C)[C@H](C)OC=C2C(C)C. The van der Waals surface area contributed by atoms with Crippen LogP contribution in [0.5, 0.6) is 0 Å². The molecule has 0 saturated carbocycles. The molecule has 0 unspecified atom stereocenters. The van der Waals surface area contributed by atoms with E-state index in [1.165, 1.54) is 33.4 Å². The van der Waals surface area contributed by atoms with Crippen molar-refractivity contribution < 1.29 is 4.74 Å². The minimum absolute atomic E-state index is 0.162. The maximum absolute atomic E-state index is 5.89. The maximum atomic E-state index is 5.89. The third-order valence-electron chi connectivity index (χ3n) is 4.26. The molecule has 0 saturated heterocycles. The monoisotopic (exact) mass is 258 g/mol. The highest BCUT2D eigenvalue weighted by atomic mass is 16.5. The fourth-order valence-electron chi connectivity index (χ4n) is 2.98. The zero-order valence-electron chi connectivity index (χ0n) is 13.3. The summed E-state index contributed by atoms with van der Waals surface area (Å²) in [5.74, 6) is 1.03. The van der Waals surface area contributed by atoms with E-state index in [-0.39, 0.29) is 6.10 Å². The molecule has 1 aliphatic rings. The molecule has 1 atom stereocenters. The van der Waals surface area contributed by atoms with E-state index in [0.717, 1.165) is 0 Å². The minimum Gasteiger partial charge on any atom is -0.493 e. The van der Waals surface area contributed by atoms with Crippen molar-refractivity contribution in [3.63, 3.8) is 0 Å². The lowest BCUT2D eigenvalue weighted by atomic mass is 9.79. The van der Waals surface area contributed by atoms with Crippen LogP contribution in [0.4, 0.5) is 0 Å². The van der Waals surface area contributed by atoms with Crippen LogP contribution in [-0.4, -0.2) is 0 Å². The number of allylic oxidation sites excluding steroid dienone is 1. The van der Waals surface area contributed by atoms with Crippen molar-refractivity contribution in [3.8, 4) is 0 Å². The Kier molecular flexibility index (Phi) is 3.75. The van der Waals surface area contributed by atoms with Crippen molar-refractivity contribution in [1.82, 2.24) is 0 Å². The molecule has 1 heteroatoms. The molecule has 0 aromatic heterocycles. The second kappa shape index (κ2) is 5.03. The van der Waals surface area contributed by atoms with Crippen LogP contribution in [-0.2, 0) is 4.74 Å². The van der Waals surface area contributed by atoms with Gasteiger partial charge in [-0.3, -0.25) is 0 Å². The lowest BCUT2D eigenvalue weighted by Crippen LogP contribution is -2.15. The summed E-state index contributed by atoms with van der Waals surface area (Å²) < 4.78 is 5.89. The summed E-state index contributed by atoms with van der Waals surface area (Å²) in [6.45, 7) is 15.6. The van der Waals surface area contributed by atoms with Crippen LogP contribution in [0.2, 0.25) is 0 Å². The highest BCUT2D eigenvalue weighted by Gasteiger charge is 2.27. The van der Waals surface area contributed by atoms with Gasteiger partial charge in [-0.15, -0.1) is 0 Å². The fourth-order valence-corrected chi connectivity index (χ4v) is 2.98. The molecule has 1 aromatic rings. The van der Waals surface area contributed by atoms with E-state index in [1.807, 2.05) is 6.26 Å². The van der Waals surface area contributed by atoms with E-state index in [1.54, 1.807) is 0 Å². The summed E-state index contributed by atoms with van der Waals surface area (Å²) >= 11 is 0. The van der Waals surface area contributed by atoms with Gasteiger partial charge in [-0.1, -0.05) is 33.8 Å². The van der Waals surface area contributed by atoms with E-state index < -0.39 is 0 Å². The Hall–Kier alpha value is -1.24.